The van der Waals surface area contributed by atoms with E-state index in [1.54, 1.807) is 13.2 Å². The number of carbonyl (C=O) groups is 1. The Morgan fingerprint density at radius 2 is 2.00 bits per heavy atom. The molecule has 136 valence electrons. The third-order valence-electron chi connectivity index (χ3n) is 3.41. The number of non-ortho nitro benzene ring substituents is 1. The second-order valence-corrected chi connectivity index (χ2v) is 5.63. The number of allylic oxidation sites excluding steroid dienone is 1. The minimum atomic E-state index is -0.866. The van der Waals surface area contributed by atoms with Crippen LogP contribution in [0, 0.1) is 16.0 Å². The Labute approximate surface area is 147 Å². The first-order valence-electron chi connectivity index (χ1n) is 7.77. The Bertz CT molecular complexity index is 623. The number of hydrogen-bond acceptors (Lipinski definition) is 6. The minimum Gasteiger partial charge on any atom is -0.429 e. The largest absolute Gasteiger partial charge is 0.514 e. The van der Waals surface area contributed by atoms with Gasteiger partial charge >= 0.3 is 6.16 Å². The first-order valence-corrected chi connectivity index (χ1v) is 7.77. The molecule has 0 saturated carbocycles. The summed E-state index contributed by atoms with van der Waals surface area (Å²) in [6.07, 6.45) is 3.64. The summed E-state index contributed by atoms with van der Waals surface area (Å²) in [5.41, 5.74) is 0.800. The maximum Gasteiger partial charge on any atom is 0.514 e. The molecule has 1 unspecified atom stereocenters. The summed E-state index contributed by atoms with van der Waals surface area (Å²) in [4.78, 5) is 21.7. The zero-order valence-corrected chi connectivity index (χ0v) is 14.6. The Hall–Kier alpha value is -2.67. The topological polar surface area (TPSA) is 87.9 Å². The van der Waals surface area contributed by atoms with Crippen LogP contribution in [0.1, 0.15) is 20.3 Å². The van der Waals surface area contributed by atoms with Crippen molar-refractivity contribution >= 4 is 11.8 Å². The second kappa shape index (κ2) is 10.2. The van der Waals surface area contributed by atoms with E-state index in [0.717, 1.165) is 12.0 Å². The molecule has 1 aromatic carbocycles. The smallest absolute Gasteiger partial charge is 0.429 e. The highest BCUT2D eigenvalue weighted by atomic mass is 16.7. The molecule has 25 heavy (non-hydrogen) atoms. The van der Waals surface area contributed by atoms with Gasteiger partial charge in [0.05, 0.1) is 11.0 Å². The van der Waals surface area contributed by atoms with Crippen molar-refractivity contribution in [1.82, 2.24) is 0 Å². The van der Waals surface area contributed by atoms with Crippen molar-refractivity contribution in [3.8, 4) is 5.75 Å². The Balaban J connectivity index is 2.45. The molecule has 0 spiro atoms. The fraction of sp³-hybridized carbons (Fsp3) is 0.389. The van der Waals surface area contributed by atoms with Crippen molar-refractivity contribution in [2.45, 2.75) is 26.4 Å². The lowest BCUT2D eigenvalue weighted by molar-refractivity contribution is -0.384. The number of methoxy groups -OCH3 is 1. The van der Waals surface area contributed by atoms with Crippen molar-refractivity contribution in [3.63, 3.8) is 0 Å². The molecule has 7 nitrogen and oxygen atoms in total. The van der Waals surface area contributed by atoms with Gasteiger partial charge < -0.3 is 14.2 Å². The van der Waals surface area contributed by atoms with Gasteiger partial charge in [-0.2, -0.15) is 0 Å². The van der Waals surface area contributed by atoms with Crippen molar-refractivity contribution in [2.24, 2.45) is 5.92 Å². The maximum absolute atomic E-state index is 11.7. The molecule has 0 amide bonds. The predicted molar refractivity (Wildman–Crippen MR) is 93.6 cm³/mol. The fourth-order valence-corrected chi connectivity index (χ4v) is 2.19. The molecule has 1 aromatic rings. The number of nitro groups is 1. The van der Waals surface area contributed by atoms with Gasteiger partial charge in [-0.15, -0.1) is 6.58 Å². The lowest BCUT2D eigenvalue weighted by Crippen LogP contribution is -2.13. The van der Waals surface area contributed by atoms with Gasteiger partial charge in [0.2, 0.25) is 0 Å². The van der Waals surface area contributed by atoms with Gasteiger partial charge in [0, 0.05) is 19.2 Å². The maximum atomic E-state index is 11.7. The number of rotatable bonds is 9. The molecule has 0 N–H and O–H groups in total. The Morgan fingerprint density at radius 1 is 1.36 bits per heavy atom. The van der Waals surface area contributed by atoms with Crippen molar-refractivity contribution in [3.05, 3.63) is 58.7 Å². The van der Waals surface area contributed by atoms with Gasteiger partial charge in [0.1, 0.15) is 12.4 Å². The predicted octanol–water partition coefficient (Wildman–Crippen LogP) is 4.28. The van der Waals surface area contributed by atoms with E-state index < -0.39 is 11.1 Å². The van der Waals surface area contributed by atoms with Crippen LogP contribution in [-0.4, -0.2) is 30.9 Å². The van der Waals surface area contributed by atoms with Crippen LogP contribution in [0.15, 0.2) is 48.6 Å². The van der Waals surface area contributed by atoms with Gasteiger partial charge in [0.25, 0.3) is 5.69 Å². The molecule has 2 atom stereocenters. The van der Waals surface area contributed by atoms with Crippen molar-refractivity contribution in [1.29, 1.82) is 0 Å². The van der Waals surface area contributed by atoms with Crippen LogP contribution < -0.4 is 4.74 Å². The molecule has 0 fully saturated rings. The summed E-state index contributed by atoms with van der Waals surface area (Å²) in [7, 11) is 1.63. The van der Waals surface area contributed by atoms with Crippen LogP contribution in [-0.2, 0) is 9.47 Å². The quantitative estimate of drug-likeness (QED) is 0.217. The Kier molecular flexibility index (Phi) is 8.35. The average molecular weight is 349 g/mol. The molecule has 0 aromatic heterocycles. The van der Waals surface area contributed by atoms with Crippen LogP contribution >= 0.6 is 0 Å². The monoisotopic (exact) mass is 349 g/mol. The summed E-state index contributed by atoms with van der Waals surface area (Å²) < 4.78 is 15.2. The van der Waals surface area contributed by atoms with Gasteiger partial charge in [0.15, 0.2) is 0 Å². The summed E-state index contributed by atoms with van der Waals surface area (Å²) in [5, 5.41) is 10.6. The number of benzene rings is 1. The van der Waals surface area contributed by atoms with Crippen LogP contribution in [0.25, 0.3) is 0 Å². The third-order valence-corrected chi connectivity index (χ3v) is 3.41. The van der Waals surface area contributed by atoms with Gasteiger partial charge in [-0.3, -0.25) is 10.1 Å². The van der Waals surface area contributed by atoms with Crippen LogP contribution in [0.5, 0.6) is 5.75 Å². The molecule has 7 heteroatoms. The molecule has 0 bridgehead atoms. The third kappa shape index (κ3) is 7.63. The van der Waals surface area contributed by atoms with E-state index in [2.05, 4.69) is 6.58 Å². The van der Waals surface area contributed by atoms with Gasteiger partial charge in [-0.25, -0.2) is 4.79 Å². The zero-order valence-electron chi connectivity index (χ0n) is 14.6. The lowest BCUT2D eigenvalue weighted by Gasteiger charge is -2.14. The van der Waals surface area contributed by atoms with E-state index in [1.807, 2.05) is 19.9 Å². The zero-order chi connectivity index (χ0) is 18.8. The highest BCUT2D eigenvalue weighted by Gasteiger charge is 2.11. The number of nitrogens with zero attached hydrogens (tertiary/aromatic N) is 1. The number of ether oxygens (including phenoxy) is 3. The van der Waals surface area contributed by atoms with E-state index in [4.69, 9.17) is 14.2 Å². The first kappa shape index (κ1) is 20.4. The molecule has 0 aliphatic rings. The van der Waals surface area contributed by atoms with Crippen LogP contribution in [0.4, 0.5) is 10.5 Å². The summed E-state index contributed by atoms with van der Waals surface area (Å²) in [6, 6.07) is 5.18. The number of nitro benzene ring substituents is 1. The SMILES string of the molecule is C=CC(C[C@H](C)/C=C(/C)COC(=O)Oc1ccc([N+](=O)[O-])cc1)OC. The fourth-order valence-electron chi connectivity index (χ4n) is 2.19. The van der Waals surface area contributed by atoms with Gasteiger partial charge in [-0.1, -0.05) is 19.1 Å². The van der Waals surface area contributed by atoms with E-state index in [-0.39, 0.29) is 30.1 Å². The van der Waals surface area contributed by atoms with E-state index >= 15 is 0 Å². The second-order valence-electron chi connectivity index (χ2n) is 5.63. The highest BCUT2D eigenvalue weighted by molar-refractivity contribution is 5.64. The Morgan fingerprint density at radius 3 is 2.52 bits per heavy atom. The molecular weight excluding hydrogens is 326 g/mol. The number of hydrogen-bond donors (Lipinski definition) is 0. The minimum absolute atomic E-state index is 0.0212. The molecule has 0 heterocycles. The van der Waals surface area contributed by atoms with Gasteiger partial charge in [-0.05, 0) is 37.0 Å². The summed E-state index contributed by atoms with van der Waals surface area (Å²) in [5.74, 6) is 0.414. The number of carbonyl (C=O) groups excluding carboxylic acids is 1. The normalized spacial score (nSPS) is 13.6. The molecule has 0 saturated heterocycles. The van der Waals surface area contributed by atoms with Crippen LogP contribution in [0.2, 0.25) is 0 Å². The molecule has 1 rings (SSSR count). The summed E-state index contributed by atoms with van der Waals surface area (Å²) >= 11 is 0. The lowest BCUT2D eigenvalue weighted by atomic mass is 10.0. The van der Waals surface area contributed by atoms with E-state index in [1.165, 1.54) is 24.3 Å². The average Bonchev–Trinajstić information content (AvgIpc) is 2.58. The van der Waals surface area contributed by atoms with E-state index in [9.17, 15) is 14.9 Å². The molecule has 0 aliphatic carbocycles. The molecular formula is C18H23NO6. The van der Waals surface area contributed by atoms with Crippen molar-refractivity contribution in [2.75, 3.05) is 13.7 Å². The molecule has 0 aliphatic heterocycles. The summed E-state index contributed by atoms with van der Waals surface area (Å²) in [6.45, 7) is 7.70. The van der Waals surface area contributed by atoms with E-state index in [0.29, 0.717) is 0 Å². The highest BCUT2D eigenvalue weighted by Crippen LogP contribution is 2.18. The molecule has 0 radical (unpaired) electrons. The van der Waals surface area contributed by atoms with Crippen LogP contribution in [0.3, 0.4) is 0 Å². The first-order chi connectivity index (χ1) is 11.8. The standard InChI is InChI=1S/C18H23NO6/c1-5-16(23-4)11-13(2)10-14(3)12-24-18(20)25-17-8-6-15(7-9-17)19(21)22/h5-10,13,16H,1,11-12H2,2-4H3/b14-10-/t13-,16?/m1/s1. The van der Waals surface area contributed by atoms with Crippen molar-refractivity contribution < 1.29 is 23.9 Å².